The molecule has 0 bridgehead atoms. The van der Waals surface area contributed by atoms with Gasteiger partial charge in [0.25, 0.3) is 0 Å². The molecule has 1 heterocycles. The lowest BCUT2D eigenvalue weighted by atomic mass is 10.1. The van der Waals surface area contributed by atoms with Crippen molar-refractivity contribution in [3.05, 3.63) is 71.8 Å². The topological polar surface area (TPSA) is 96.0 Å². The van der Waals surface area contributed by atoms with Gasteiger partial charge in [-0.1, -0.05) is 35.9 Å². The smallest absolute Gasteiger partial charge is 0.229 e. The quantitative estimate of drug-likeness (QED) is 0.611. The van der Waals surface area contributed by atoms with Crippen molar-refractivity contribution < 1.29 is 9.59 Å². The first-order valence-electron chi connectivity index (χ1n) is 8.82. The fourth-order valence-corrected chi connectivity index (χ4v) is 2.57. The average Bonchev–Trinajstić information content (AvgIpc) is 2.65. The van der Waals surface area contributed by atoms with Crippen molar-refractivity contribution in [1.29, 1.82) is 0 Å². The van der Waals surface area contributed by atoms with E-state index in [1.165, 1.54) is 6.92 Å². The van der Waals surface area contributed by atoms with E-state index in [-0.39, 0.29) is 18.2 Å². The molecule has 2 amide bonds. The van der Waals surface area contributed by atoms with Gasteiger partial charge in [-0.3, -0.25) is 9.59 Å². The molecule has 7 heteroatoms. The fraction of sp³-hybridized carbons (Fsp3) is 0.143. The van der Waals surface area contributed by atoms with E-state index >= 15 is 0 Å². The molecule has 0 radical (unpaired) electrons. The zero-order valence-electron chi connectivity index (χ0n) is 15.7. The summed E-state index contributed by atoms with van der Waals surface area (Å²) in [7, 11) is 0. The molecule has 1 aromatic heterocycles. The Balaban J connectivity index is 1.58. The number of aromatic nitrogens is 2. The molecule has 0 saturated carbocycles. The van der Waals surface area contributed by atoms with Crippen molar-refractivity contribution in [3.8, 4) is 0 Å². The number of nitrogens with one attached hydrogen (secondary N) is 3. The van der Waals surface area contributed by atoms with Crippen molar-refractivity contribution in [3.63, 3.8) is 0 Å². The van der Waals surface area contributed by atoms with Gasteiger partial charge in [-0.15, -0.1) is 10.2 Å². The van der Waals surface area contributed by atoms with Gasteiger partial charge in [-0.05, 0) is 42.8 Å². The van der Waals surface area contributed by atoms with Crippen LogP contribution in [-0.4, -0.2) is 22.0 Å². The molecule has 0 aliphatic carbocycles. The second kappa shape index (κ2) is 8.77. The van der Waals surface area contributed by atoms with Gasteiger partial charge < -0.3 is 16.0 Å². The highest BCUT2D eigenvalue weighted by atomic mass is 16.2. The Morgan fingerprint density at radius 2 is 1.54 bits per heavy atom. The number of carbonyl (C=O) groups excluding carboxylic acids is 2. The Bertz CT molecular complexity index is 969. The van der Waals surface area contributed by atoms with E-state index in [1.807, 2.05) is 43.3 Å². The van der Waals surface area contributed by atoms with E-state index in [1.54, 1.807) is 24.3 Å². The van der Waals surface area contributed by atoms with E-state index in [2.05, 4.69) is 26.1 Å². The number of hydrogen-bond donors (Lipinski definition) is 3. The monoisotopic (exact) mass is 375 g/mol. The molecular weight excluding hydrogens is 354 g/mol. The van der Waals surface area contributed by atoms with Gasteiger partial charge in [-0.25, -0.2) is 0 Å². The predicted molar refractivity (Wildman–Crippen MR) is 110 cm³/mol. The minimum absolute atomic E-state index is 0.136. The van der Waals surface area contributed by atoms with Crippen molar-refractivity contribution in [1.82, 2.24) is 10.2 Å². The van der Waals surface area contributed by atoms with Crippen LogP contribution in [0.15, 0.2) is 60.7 Å². The molecule has 0 saturated heterocycles. The Labute approximate surface area is 163 Å². The van der Waals surface area contributed by atoms with Crippen LogP contribution >= 0.6 is 0 Å². The van der Waals surface area contributed by atoms with Crippen molar-refractivity contribution in [2.45, 2.75) is 20.3 Å². The van der Waals surface area contributed by atoms with Crippen molar-refractivity contribution in [2.75, 3.05) is 16.0 Å². The number of nitrogens with zero attached hydrogens (tertiary/aromatic N) is 2. The summed E-state index contributed by atoms with van der Waals surface area (Å²) in [4.78, 5) is 23.3. The summed E-state index contributed by atoms with van der Waals surface area (Å²) in [6, 6.07) is 18.5. The molecule has 0 aliphatic heterocycles. The molecule has 0 fully saturated rings. The zero-order valence-corrected chi connectivity index (χ0v) is 15.7. The summed E-state index contributed by atoms with van der Waals surface area (Å²) in [5, 5.41) is 16.7. The lowest BCUT2D eigenvalue weighted by Gasteiger charge is -2.09. The SMILES string of the molecule is CC(=O)Nc1cccc(Nc2ccc(NC(=O)Cc3ccc(C)cc3)nn2)c1. The van der Waals surface area contributed by atoms with E-state index in [0.29, 0.717) is 17.3 Å². The normalized spacial score (nSPS) is 10.2. The van der Waals surface area contributed by atoms with Gasteiger partial charge in [0.05, 0.1) is 6.42 Å². The second-order valence-electron chi connectivity index (χ2n) is 6.40. The summed E-state index contributed by atoms with van der Waals surface area (Å²) < 4.78 is 0. The maximum Gasteiger partial charge on any atom is 0.229 e. The Morgan fingerprint density at radius 1 is 0.857 bits per heavy atom. The molecular formula is C21H21N5O2. The summed E-state index contributed by atoms with van der Waals surface area (Å²) in [5.41, 5.74) is 3.54. The van der Waals surface area contributed by atoms with E-state index in [9.17, 15) is 9.59 Å². The van der Waals surface area contributed by atoms with E-state index in [4.69, 9.17) is 0 Å². The summed E-state index contributed by atoms with van der Waals surface area (Å²) in [6.45, 7) is 3.46. The maximum atomic E-state index is 12.1. The molecule has 0 spiro atoms. The molecule has 0 unspecified atom stereocenters. The number of aryl methyl sites for hydroxylation is 1. The number of benzene rings is 2. The fourth-order valence-electron chi connectivity index (χ4n) is 2.57. The minimum Gasteiger partial charge on any atom is -0.339 e. The maximum absolute atomic E-state index is 12.1. The molecule has 7 nitrogen and oxygen atoms in total. The number of anilines is 4. The van der Waals surface area contributed by atoms with Crippen LogP contribution in [0.4, 0.5) is 23.0 Å². The third kappa shape index (κ3) is 5.63. The molecule has 28 heavy (non-hydrogen) atoms. The van der Waals surface area contributed by atoms with Crippen LogP contribution < -0.4 is 16.0 Å². The van der Waals surface area contributed by atoms with Crippen LogP contribution in [0.2, 0.25) is 0 Å². The summed E-state index contributed by atoms with van der Waals surface area (Å²) in [6.07, 6.45) is 0.276. The van der Waals surface area contributed by atoms with Gasteiger partial charge in [-0.2, -0.15) is 0 Å². The van der Waals surface area contributed by atoms with Crippen LogP contribution in [-0.2, 0) is 16.0 Å². The minimum atomic E-state index is -0.151. The first-order valence-corrected chi connectivity index (χ1v) is 8.82. The van der Waals surface area contributed by atoms with Gasteiger partial charge in [0, 0.05) is 18.3 Å². The number of carbonyl (C=O) groups is 2. The largest absolute Gasteiger partial charge is 0.339 e. The van der Waals surface area contributed by atoms with Gasteiger partial charge in [0.2, 0.25) is 11.8 Å². The van der Waals surface area contributed by atoms with Crippen LogP contribution in [0.3, 0.4) is 0 Å². The molecule has 2 aromatic carbocycles. The lowest BCUT2D eigenvalue weighted by molar-refractivity contribution is -0.116. The van der Waals surface area contributed by atoms with Crippen LogP contribution in [0, 0.1) is 6.92 Å². The average molecular weight is 375 g/mol. The molecule has 142 valence electrons. The van der Waals surface area contributed by atoms with Crippen LogP contribution in [0.5, 0.6) is 0 Å². The van der Waals surface area contributed by atoms with E-state index < -0.39 is 0 Å². The van der Waals surface area contributed by atoms with Gasteiger partial charge in [0.1, 0.15) is 0 Å². The number of amides is 2. The summed E-state index contributed by atoms with van der Waals surface area (Å²) >= 11 is 0. The highest BCUT2D eigenvalue weighted by Crippen LogP contribution is 2.19. The van der Waals surface area contributed by atoms with Gasteiger partial charge in [0.15, 0.2) is 11.6 Å². The Morgan fingerprint density at radius 3 is 2.21 bits per heavy atom. The lowest BCUT2D eigenvalue weighted by Crippen LogP contribution is -2.15. The van der Waals surface area contributed by atoms with E-state index in [0.717, 1.165) is 16.8 Å². The van der Waals surface area contributed by atoms with Gasteiger partial charge >= 0.3 is 0 Å². The molecule has 3 N–H and O–H groups in total. The molecule has 0 aliphatic rings. The Hall–Kier alpha value is -3.74. The molecule has 0 atom stereocenters. The molecule has 3 rings (SSSR count). The number of hydrogen-bond acceptors (Lipinski definition) is 5. The number of rotatable bonds is 6. The third-order valence-corrected chi connectivity index (χ3v) is 3.87. The third-order valence-electron chi connectivity index (χ3n) is 3.87. The second-order valence-corrected chi connectivity index (χ2v) is 6.40. The van der Waals surface area contributed by atoms with Crippen LogP contribution in [0.1, 0.15) is 18.1 Å². The molecule has 3 aromatic rings. The first kappa shape index (κ1) is 19.0. The highest BCUT2D eigenvalue weighted by Gasteiger charge is 2.06. The van der Waals surface area contributed by atoms with Crippen molar-refractivity contribution >= 4 is 34.8 Å². The predicted octanol–water partition coefficient (Wildman–Crippen LogP) is 3.67. The standard InChI is InChI=1S/C21H21N5O2/c1-14-6-8-16(9-7-14)12-21(28)24-20-11-10-19(25-26-20)23-18-5-3-4-17(13-18)22-15(2)27/h3-11,13H,12H2,1-2H3,(H,22,27)(H,23,25)(H,24,26,28). The highest BCUT2D eigenvalue weighted by molar-refractivity contribution is 5.91. The van der Waals surface area contributed by atoms with Crippen LogP contribution in [0.25, 0.3) is 0 Å². The van der Waals surface area contributed by atoms with Crippen molar-refractivity contribution in [2.24, 2.45) is 0 Å². The summed E-state index contributed by atoms with van der Waals surface area (Å²) in [5.74, 6) is 0.621. The zero-order chi connectivity index (χ0) is 19.9. The first-order chi connectivity index (χ1) is 13.5. The Kier molecular flexibility index (Phi) is 5.96.